The van der Waals surface area contributed by atoms with Crippen LogP contribution in [-0.2, 0) is 6.42 Å². The topological polar surface area (TPSA) is 46.4 Å². The van der Waals surface area contributed by atoms with Crippen molar-refractivity contribution in [3.05, 3.63) is 45.5 Å². The summed E-state index contributed by atoms with van der Waals surface area (Å²) < 4.78 is 1.43. The average molecular weight is 264 g/mol. The quantitative estimate of drug-likeness (QED) is 0.836. The van der Waals surface area contributed by atoms with Crippen LogP contribution in [0.1, 0.15) is 12.1 Å². The lowest BCUT2D eigenvalue weighted by Gasteiger charge is -2.09. The molecule has 0 spiro atoms. The minimum absolute atomic E-state index is 0.105. The molecule has 1 fully saturated rings. The molecule has 1 saturated heterocycles. The highest BCUT2D eigenvalue weighted by molar-refractivity contribution is 6.29. The first-order valence-corrected chi connectivity index (χ1v) is 6.50. The first-order valence-electron chi connectivity index (χ1n) is 6.12. The van der Waals surface area contributed by atoms with E-state index in [1.54, 1.807) is 12.1 Å². The molecule has 0 aliphatic carbocycles. The van der Waals surface area contributed by atoms with E-state index in [9.17, 15) is 4.79 Å². The number of nitrogens with zero attached hydrogens (tertiary/aromatic N) is 2. The lowest BCUT2D eigenvalue weighted by atomic mass is 10.0. The SMILES string of the molecule is O=c1cc(CC2CCNC2)nc2cccc(Cl)n12. The van der Waals surface area contributed by atoms with Crippen molar-refractivity contribution in [3.63, 3.8) is 0 Å². The summed E-state index contributed by atoms with van der Waals surface area (Å²) in [5.74, 6) is 0.582. The molecule has 1 atom stereocenters. The van der Waals surface area contributed by atoms with Crippen molar-refractivity contribution in [2.45, 2.75) is 12.8 Å². The van der Waals surface area contributed by atoms with Crippen LogP contribution in [0, 0.1) is 5.92 Å². The minimum Gasteiger partial charge on any atom is -0.316 e. The van der Waals surface area contributed by atoms with Crippen LogP contribution < -0.4 is 10.9 Å². The Bertz CT molecular complexity index is 632. The fourth-order valence-corrected chi connectivity index (χ4v) is 2.70. The largest absolute Gasteiger partial charge is 0.316 e. The van der Waals surface area contributed by atoms with Gasteiger partial charge in [-0.2, -0.15) is 0 Å². The molecule has 0 saturated carbocycles. The molecule has 1 aliphatic rings. The molecule has 1 unspecified atom stereocenters. The van der Waals surface area contributed by atoms with E-state index in [1.165, 1.54) is 4.40 Å². The normalized spacial score (nSPS) is 19.5. The Morgan fingerprint density at radius 3 is 3.17 bits per heavy atom. The highest BCUT2D eigenvalue weighted by atomic mass is 35.5. The molecule has 2 aromatic heterocycles. The highest BCUT2D eigenvalue weighted by Crippen LogP contribution is 2.14. The van der Waals surface area contributed by atoms with Crippen molar-refractivity contribution in [2.75, 3.05) is 13.1 Å². The number of nitrogens with one attached hydrogen (secondary N) is 1. The van der Waals surface area contributed by atoms with Gasteiger partial charge in [-0.1, -0.05) is 17.7 Å². The summed E-state index contributed by atoms with van der Waals surface area (Å²) in [7, 11) is 0. The van der Waals surface area contributed by atoms with Crippen LogP contribution in [0.2, 0.25) is 5.15 Å². The van der Waals surface area contributed by atoms with E-state index >= 15 is 0 Å². The molecular weight excluding hydrogens is 250 g/mol. The maximum absolute atomic E-state index is 12.0. The van der Waals surface area contributed by atoms with E-state index in [1.807, 2.05) is 12.1 Å². The van der Waals surface area contributed by atoms with E-state index in [4.69, 9.17) is 11.6 Å². The van der Waals surface area contributed by atoms with Crippen molar-refractivity contribution >= 4 is 17.2 Å². The second-order valence-corrected chi connectivity index (χ2v) is 5.08. The summed E-state index contributed by atoms with van der Waals surface area (Å²) in [4.78, 5) is 16.5. The summed E-state index contributed by atoms with van der Waals surface area (Å²) in [5.41, 5.74) is 1.37. The molecule has 18 heavy (non-hydrogen) atoms. The minimum atomic E-state index is -0.105. The van der Waals surface area contributed by atoms with Gasteiger partial charge in [0.25, 0.3) is 5.56 Å². The predicted molar refractivity (Wildman–Crippen MR) is 71.2 cm³/mol. The van der Waals surface area contributed by atoms with Gasteiger partial charge in [0, 0.05) is 11.8 Å². The molecule has 0 radical (unpaired) electrons. The first kappa shape index (κ1) is 11.7. The summed E-state index contributed by atoms with van der Waals surface area (Å²) in [6, 6.07) is 6.91. The first-order chi connectivity index (χ1) is 8.74. The van der Waals surface area contributed by atoms with Crippen LogP contribution in [-0.4, -0.2) is 22.5 Å². The van der Waals surface area contributed by atoms with E-state index < -0.39 is 0 Å². The second kappa shape index (κ2) is 4.71. The molecule has 0 bridgehead atoms. The van der Waals surface area contributed by atoms with Crippen LogP contribution in [0.15, 0.2) is 29.1 Å². The highest BCUT2D eigenvalue weighted by Gasteiger charge is 2.16. The Morgan fingerprint density at radius 1 is 1.50 bits per heavy atom. The summed E-state index contributed by atoms with van der Waals surface area (Å²) in [6.45, 7) is 2.07. The van der Waals surface area contributed by atoms with Crippen LogP contribution in [0.5, 0.6) is 0 Å². The number of aromatic nitrogens is 2. The van der Waals surface area contributed by atoms with E-state index in [2.05, 4.69) is 10.3 Å². The summed E-state index contributed by atoms with van der Waals surface area (Å²) in [6.07, 6.45) is 2.00. The Kier molecular flexibility index (Phi) is 3.06. The lowest BCUT2D eigenvalue weighted by Crippen LogP contribution is -2.18. The van der Waals surface area contributed by atoms with Crippen molar-refractivity contribution < 1.29 is 0 Å². The van der Waals surface area contributed by atoms with Gasteiger partial charge in [0.15, 0.2) is 0 Å². The van der Waals surface area contributed by atoms with Crippen molar-refractivity contribution in [1.29, 1.82) is 0 Å². The van der Waals surface area contributed by atoms with Crippen molar-refractivity contribution in [1.82, 2.24) is 14.7 Å². The lowest BCUT2D eigenvalue weighted by molar-refractivity contribution is 0.571. The monoisotopic (exact) mass is 263 g/mol. The number of hydrogen-bond acceptors (Lipinski definition) is 3. The molecule has 3 rings (SSSR count). The third kappa shape index (κ3) is 2.13. The third-order valence-corrected chi connectivity index (χ3v) is 3.65. The Morgan fingerprint density at radius 2 is 2.39 bits per heavy atom. The molecule has 1 N–H and O–H groups in total. The van der Waals surface area contributed by atoms with Gasteiger partial charge in [-0.05, 0) is 44.0 Å². The molecule has 0 aromatic carbocycles. The van der Waals surface area contributed by atoms with Crippen LogP contribution >= 0.6 is 11.6 Å². The zero-order valence-corrected chi connectivity index (χ0v) is 10.7. The molecule has 2 aromatic rings. The molecule has 3 heterocycles. The van der Waals surface area contributed by atoms with Gasteiger partial charge in [-0.15, -0.1) is 0 Å². The number of fused-ring (bicyclic) bond motifs is 1. The summed E-state index contributed by atoms with van der Waals surface area (Å²) >= 11 is 6.00. The average Bonchev–Trinajstić information content (AvgIpc) is 2.81. The number of halogens is 1. The smallest absolute Gasteiger partial charge is 0.259 e. The molecule has 94 valence electrons. The van der Waals surface area contributed by atoms with E-state index in [0.717, 1.165) is 31.6 Å². The maximum Gasteiger partial charge on any atom is 0.259 e. The molecule has 1 aliphatic heterocycles. The standard InChI is InChI=1S/C13H14ClN3O/c14-11-2-1-3-12-16-10(7-13(18)17(11)12)6-9-4-5-15-8-9/h1-3,7,9,15H,4-6,8H2. The second-order valence-electron chi connectivity index (χ2n) is 4.69. The fourth-order valence-electron chi connectivity index (χ4n) is 2.45. The molecule has 5 heteroatoms. The predicted octanol–water partition coefficient (Wildman–Crippen LogP) is 1.50. The van der Waals surface area contributed by atoms with Gasteiger partial charge in [0.05, 0.1) is 0 Å². The Hall–Kier alpha value is -1.39. The van der Waals surface area contributed by atoms with Gasteiger partial charge in [-0.25, -0.2) is 4.98 Å². The van der Waals surface area contributed by atoms with Gasteiger partial charge >= 0.3 is 0 Å². The third-order valence-electron chi connectivity index (χ3n) is 3.35. The molecular formula is C13H14ClN3O. The Balaban J connectivity index is 2.02. The van der Waals surface area contributed by atoms with Crippen LogP contribution in [0.3, 0.4) is 0 Å². The van der Waals surface area contributed by atoms with Gasteiger partial charge < -0.3 is 5.32 Å². The molecule has 4 nitrogen and oxygen atoms in total. The van der Waals surface area contributed by atoms with E-state index in [-0.39, 0.29) is 5.56 Å². The number of rotatable bonds is 2. The number of hydrogen-bond donors (Lipinski definition) is 1. The van der Waals surface area contributed by atoms with Crippen LogP contribution in [0.4, 0.5) is 0 Å². The van der Waals surface area contributed by atoms with Crippen LogP contribution in [0.25, 0.3) is 5.65 Å². The van der Waals surface area contributed by atoms with Crippen molar-refractivity contribution in [2.24, 2.45) is 5.92 Å². The Labute approximate surface area is 110 Å². The zero-order valence-electron chi connectivity index (χ0n) is 9.90. The van der Waals surface area contributed by atoms with Gasteiger partial charge in [0.2, 0.25) is 0 Å². The maximum atomic E-state index is 12.0. The number of pyridine rings is 1. The summed E-state index contributed by atoms with van der Waals surface area (Å²) in [5, 5.41) is 3.72. The van der Waals surface area contributed by atoms with Gasteiger partial charge in [0.1, 0.15) is 10.8 Å². The zero-order chi connectivity index (χ0) is 12.5. The van der Waals surface area contributed by atoms with E-state index in [0.29, 0.717) is 16.7 Å². The van der Waals surface area contributed by atoms with Gasteiger partial charge in [-0.3, -0.25) is 9.20 Å². The van der Waals surface area contributed by atoms with Crippen molar-refractivity contribution in [3.8, 4) is 0 Å². The fraction of sp³-hybridized carbons (Fsp3) is 0.385. The molecule has 0 amide bonds.